The Labute approximate surface area is 120 Å². The first kappa shape index (κ1) is 12.7. The average Bonchev–Trinajstić information content (AvgIpc) is 2.90. The normalized spacial score (nSPS) is 10.7. The van der Waals surface area contributed by atoms with Gasteiger partial charge in [0.1, 0.15) is 0 Å². The van der Waals surface area contributed by atoms with Crippen molar-refractivity contribution in [2.24, 2.45) is 0 Å². The van der Waals surface area contributed by atoms with Crippen molar-refractivity contribution in [1.82, 2.24) is 9.97 Å². The van der Waals surface area contributed by atoms with Crippen LogP contribution in [0.3, 0.4) is 0 Å². The lowest BCUT2D eigenvalue weighted by Crippen LogP contribution is -2.12. The quantitative estimate of drug-likeness (QED) is 0.693. The van der Waals surface area contributed by atoms with Crippen molar-refractivity contribution in [3.05, 3.63) is 42.2 Å². The molecule has 2 aromatic heterocycles. The zero-order valence-electron chi connectivity index (χ0n) is 11.2. The van der Waals surface area contributed by atoms with Gasteiger partial charge in [0, 0.05) is 25.0 Å². The largest absolute Gasteiger partial charge is 0.294 e. The Hall–Kier alpha value is -2.27. The summed E-state index contributed by atoms with van der Waals surface area (Å²) in [6.07, 6.45) is 4.43. The molecule has 0 unspecified atom stereocenters. The second-order valence-electron chi connectivity index (χ2n) is 4.59. The van der Waals surface area contributed by atoms with Crippen LogP contribution in [-0.2, 0) is 4.79 Å². The molecule has 5 heteroatoms. The summed E-state index contributed by atoms with van der Waals surface area (Å²) in [6, 6.07) is 8.11. The molecule has 0 aliphatic heterocycles. The van der Waals surface area contributed by atoms with E-state index in [1.165, 1.54) is 21.8 Å². The van der Waals surface area contributed by atoms with Crippen LogP contribution >= 0.6 is 11.3 Å². The Balaban J connectivity index is 2.11. The lowest BCUT2D eigenvalue weighted by Gasteiger charge is -2.04. The minimum Gasteiger partial charge on any atom is -0.294 e. The van der Waals surface area contributed by atoms with Gasteiger partial charge in [-0.1, -0.05) is 17.4 Å². The van der Waals surface area contributed by atoms with E-state index in [1.54, 1.807) is 13.2 Å². The van der Waals surface area contributed by atoms with Crippen molar-refractivity contribution >= 4 is 33.1 Å². The molecule has 0 spiro atoms. The molecule has 4 nitrogen and oxygen atoms in total. The van der Waals surface area contributed by atoms with Crippen LogP contribution in [0.1, 0.15) is 5.56 Å². The van der Waals surface area contributed by atoms with Gasteiger partial charge >= 0.3 is 0 Å². The Kier molecular flexibility index (Phi) is 3.20. The van der Waals surface area contributed by atoms with E-state index in [0.717, 1.165) is 27.8 Å². The number of carbonyl (C=O) groups excluding carboxylic acids is 1. The molecule has 0 atom stereocenters. The summed E-state index contributed by atoms with van der Waals surface area (Å²) in [5.74, 6) is 0. The molecular formula is C15H13N3OS. The monoisotopic (exact) mass is 283 g/mol. The third kappa shape index (κ3) is 2.16. The van der Waals surface area contributed by atoms with Gasteiger partial charge in [-0.15, -0.1) is 0 Å². The SMILES string of the molecule is Cc1ccncc1-c1ccc2nc(N(C)C=O)sc2c1. The second-order valence-corrected chi connectivity index (χ2v) is 5.59. The fraction of sp³-hybridized carbons (Fsp3) is 0.133. The number of nitrogens with zero attached hydrogens (tertiary/aromatic N) is 3. The molecule has 0 aliphatic carbocycles. The maximum atomic E-state index is 10.8. The average molecular weight is 283 g/mol. The van der Waals surface area contributed by atoms with E-state index < -0.39 is 0 Å². The predicted octanol–water partition coefficient (Wildman–Crippen LogP) is 3.26. The summed E-state index contributed by atoms with van der Waals surface area (Å²) in [5.41, 5.74) is 4.33. The molecule has 100 valence electrons. The van der Waals surface area contributed by atoms with Gasteiger partial charge in [0.15, 0.2) is 5.13 Å². The molecular weight excluding hydrogens is 270 g/mol. The highest BCUT2D eigenvalue weighted by molar-refractivity contribution is 7.22. The van der Waals surface area contributed by atoms with E-state index in [4.69, 9.17) is 0 Å². The molecule has 2 heterocycles. The van der Waals surface area contributed by atoms with E-state index in [2.05, 4.69) is 23.0 Å². The topological polar surface area (TPSA) is 46.1 Å². The molecule has 20 heavy (non-hydrogen) atoms. The maximum absolute atomic E-state index is 10.8. The van der Waals surface area contributed by atoms with Gasteiger partial charge in [0.2, 0.25) is 6.41 Å². The summed E-state index contributed by atoms with van der Waals surface area (Å²) in [5, 5.41) is 0.704. The number of aryl methyl sites for hydroxylation is 1. The number of pyridine rings is 1. The molecule has 1 aromatic carbocycles. The number of carbonyl (C=O) groups is 1. The lowest BCUT2D eigenvalue weighted by atomic mass is 10.0. The van der Waals surface area contributed by atoms with Crippen molar-refractivity contribution in [2.75, 3.05) is 11.9 Å². The summed E-state index contributed by atoms with van der Waals surface area (Å²) >= 11 is 1.51. The van der Waals surface area contributed by atoms with Gasteiger partial charge in [0.25, 0.3) is 0 Å². The number of benzene rings is 1. The number of hydrogen-bond donors (Lipinski definition) is 0. The zero-order chi connectivity index (χ0) is 14.1. The van der Waals surface area contributed by atoms with Crippen molar-refractivity contribution < 1.29 is 4.79 Å². The molecule has 0 saturated heterocycles. The van der Waals surface area contributed by atoms with Crippen LogP contribution in [0.15, 0.2) is 36.7 Å². The maximum Gasteiger partial charge on any atom is 0.215 e. The minimum absolute atomic E-state index is 0.704. The van der Waals surface area contributed by atoms with Crippen LogP contribution in [0, 0.1) is 6.92 Å². The van der Waals surface area contributed by atoms with Crippen LogP contribution < -0.4 is 4.90 Å². The van der Waals surface area contributed by atoms with Gasteiger partial charge in [-0.3, -0.25) is 14.7 Å². The molecule has 0 N–H and O–H groups in total. The third-order valence-electron chi connectivity index (χ3n) is 3.19. The predicted molar refractivity (Wildman–Crippen MR) is 82.1 cm³/mol. The fourth-order valence-electron chi connectivity index (χ4n) is 2.04. The number of rotatable bonds is 3. The van der Waals surface area contributed by atoms with Crippen molar-refractivity contribution in [3.63, 3.8) is 0 Å². The first-order chi connectivity index (χ1) is 9.69. The Morgan fingerprint density at radius 3 is 2.90 bits per heavy atom. The van der Waals surface area contributed by atoms with Gasteiger partial charge in [-0.05, 0) is 36.2 Å². The fourth-order valence-corrected chi connectivity index (χ4v) is 2.97. The smallest absolute Gasteiger partial charge is 0.215 e. The minimum atomic E-state index is 0.704. The van der Waals surface area contributed by atoms with Gasteiger partial charge in [0.05, 0.1) is 10.2 Å². The Morgan fingerprint density at radius 1 is 1.30 bits per heavy atom. The van der Waals surface area contributed by atoms with Crippen LogP contribution in [0.5, 0.6) is 0 Å². The van der Waals surface area contributed by atoms with E-state index in [-0.39, 0.29) is 0 Å². The number of amides is 1. The first-order valence-corrected chi connectivity index (χ1v) is 7.00. The number of hydrogen-bond acceptors (Lipinski definition) is 4. The Bertz CT molecular complexity index is 782. The van der Waals surface area contributed by atoms with E-state index in [9.17, 15) is 4.79 Å². The number of thiazole rings is 1. The highest BCUT2D eigenvalue weighted by Gasteiger charge is 2.09. The molecule has 0 bridgehead atoms. The molecule has 3 rings (SSSR count). The lowest BCUT2D eigenvalue weighted by molar-refractivity contribution is -0.107. The van der Waals surface area contributed by atoms with Gasteiger partial charge in [-0.25, -0.2) is 4.98 Å². The highest BCUT2D eigenvalue weighted by Crippen LogP contribution is 2.32. The van der Waals surface area contributed by atoms with E-state index in [0.29, 0.717) is 5.13 Å². The van der Waals surface area contributed by atoms with Crippen LogP contribution in [-0.4, -0.2) is 23.4 Å². The molecule has 0 saturated carbocycles. The van der Waals surface area contributed by atoms with Crippen LogP contribution in [0.25, 0.3) is 21.3 Å². The Morgan fingerprint density at radius 2 is 2.15 bits per heavy atom. The second kappa shape index (κ2) is 5.02. The van der Waals surface area contributed by atoms with Crippen LogP contribution in [0.4, 0.5) is 5.13 Å². The molecule has 0 radical (unpaired) electrons. The summed E-state index contributed by atoms with van der Waals surface area (Å²) < 4.78 is 1.06. The molecule has 0 aliphatic rings. The first-order valence-electron chi connectivity index (χ1n) is 6.19. The molecule has 1 amide bonds. The van der Waals surface area contributed by atoms with Crippen LogP contribution in [0.2, 0.25) is 0 Å². The highest BCUT2D eigenvalue weighted by atomic mass is 32.1. The van der Waals surface area contributed by atoms with E-state index in [1.807, 2.05) is 24.4 Å². The van der Waals surface area contributed by atoms with E-state index >= 15 is 0 Å². The summed E-state index contributed by atoms with van der Waals surface area (Å²) in [4.78, 5) is 20.9. The number of fused-ring (bicyclic) bond motifs is 1. The molecule has 0 fully saturated rings. The van der Waals surface area contributed by atoms with Gasteiger partial charge < -0.3 is 0 Å². The van der Waals surface area contributed by atoms with Crippen molar-refractivity contribution in [1.29, 1.82) is 0 Å². The molecule has 3 aromatic rings. The van der Waals surface area contributed by atoms with Crippen molar-refractivity contribution in [3.8, 4) is 11.1 Å². The standard InChI is InChI=1S/C15H13N3OS/c1-10-5-6-16-8-12(10)11-3-4-13-14(7-11)20-15(17-13)18(2)9-19/h3-9H,1-2H3. The number of aromatic nitrogens is 2. The third-order valence-corrected chi connectivity index (χ3v) is 4.30. The number of anilines is 1. The summed E-state index contributed by atoms with van der Waals surface area (Å²) in [6.45, 7) is 2.07. The zero-order valence-corrected chi connectivity index (χ0v) is 12.0. The van der Waals surface area contributed by atoms with Gasteiger partial charge in [-0.2, -0.15) is 0 Å². The summed E-state index contributed by atoms with van der Waals surface area (Å²) in [7, 11) is 1.71. The van der Waals surface area contributed by atoms with Crippen molar-refractivity contribution in [2.45, 2.75) is 6.92 Å².